The van der Waals surface area contributed by atoms with E-state index < -0.39 is 12.8 Å². The second-order valence-corrected chi connectivity index (χ2v) is 7.23. The maximum Gasteiger partial charge on any atom is 0.422 e. The number of rotatable bonds is 6. The number of halogens is 3. The van der Waals surface area contributed by atoms with Crippen molar-refractivity contribution in [1.29, 1.82) is 0 Å². The van der Waals surface area contributed by atoms with Crippen molar-refractivity contribution in [3.05, 3.63) is 53.5 Å². The number of amides is 1. The average molecular weight is 460 g/mol. The summed E-state index contributed by atoms with van der Waals surface area (Å²) >= 11 is 0. The van der Waals surface area contributed by atoms with Crippen LogP contribution in [0, 0.1) is 6.92 Å². The first-order valence-corrected chi connectivity index (χ1v) is 9.76. The molecule has 33 heavy (non-hydrogen) atoms. The van der Waals surface area contributed by atoms with Gasteiger partial charge in [0, 0.05) is 17.8 Å². The van der Waals surface area contributed by atoms with E-state index in [9.17, 15) is 18.0 Å². The van der Waals surface area contributed by atoms with Crippen molar-refractivity contribution >= 4 is 11.6 Å². The molecule has 3 aromatic heterocycles. The van der Waals surface area contributed by atoms with Crippen molar-refractivity contribution in [1.82, 2.24) is 15.0 Å². The lowest BCUT2D eigenvalue weighted by molar-refractivity contribution is -0.154. The van der Waals surface area contributed by atoms with Crippen molar-refractivity contribution in [3.8, 4) is 28.8 Å². The topological polar surface area (TPSA) is 86.7 Å². The van der Waals surface area contributed by atoms with Crippen LogP contribution in [0.3, 0.4) is 0 Å². The summed E-state index contributed by atoms with van der Waals surface area (Å²) in [5.41, 5.74) is 3.51. The first-order valence-electron chi connectivity index (χ1n) is 9.76. The first kappa shape index (κ1) is 22.3. The van der Waals surface area contributed by atoms with Gasteiger partial charge in [0.25, 0.3) is 11.8 Å². The number of aryl methyl sites for hydroxylation is 1. The minimum atomic E-state index is -4.46. The number of methoxy groups -OCH3 is 2. The van der Waals surface area contributed by atoms with Gasteiger partial charge in [-0.25, -0.2) is 9.97 Å². The molecule has 0 aromatic carbocycles. The number of carbonyl (C=O) groups excluding carboxylic acids is 1. The van der Waals surface area contributed by atoms with Crippen LogP contribution in [0.25, 0.3) is 11.3 Å². The van der Waals surface area contributed by atoms with E-state index in [0.717, 1.165) is 5.56 Å². The zero-order chi connectivity index (χ0) is 23.8. The smallest absolute Gasteiger partial charge is 0.422 e. The Labute approximate surface area is 187 Å². The van der Waals surface area contributed by atoms with Crippen LogP contribution in [0.5, 0.6) is 17.5 Å². The second kappa shape index (κ2) is 8.57. The van der Waals surface area contributed by atoms with Gasteiger partial charge < -0.3 is 19.1 Å². The maximum atomic E-state index is 13.0. The number of pyridine rings is 3. The second-order valence-electron chi connectivity index (χ2n) is 7.23. The van der Waals surface area contributed by atoms with Gasteiger partial charge in [-0.2, -0.15) is 13.2 Å². The molecule has 8 nitrogen and oxygen atoms in total. The summed E-state index contributed by atoms with van der Waals surface area (Å²) in [5, 5.41) is 0. The molecule has 0 fully saturated rings. The van der Waals surface area contributed by atoms with E-state index in [-0.39, 0.29) is 18.3 Å². The third-order valence-corrected chi connectivity index (χ3v) is 5.00. The largest absolute Gasteiger partial charge is 0.491 e. The molecule has 3 aromatic rings. The highest BCUT2D eigenvalue weighted by Crippen LogP contribution is 2.34. The molecule has 0 bridgehead atoms. The number of aromatic nitrogens is 3. The van der Waals surface area contributed by atoms with E-state index in [1.165, 1.54) is 37.4 Å². The van der Waals surface area contributed by atoms with E-state index in [1.807, 2.05) is 6.92 Å². The van der Waals surface area contributed by atoms with Gasteiger partial charge in [-0.1, -0.05) is 0 Å². The van der Waals surface area contributed by atoms with Crippen LogP contribution in [-0.4, -0.2) is 47.9 Å². The fraction of sp³-hybridized carbons (Fsp3) is 0.273. The van der Waals surface area contributed by atoms with Crippen LogP contribution in [0.2, 0.25) is 0 Å². The van der Waals surface area contributed by atoms with Crippen LogP contribution in [0.1, 0.15) is 21.6 Å². The molecular formula is C22H19F3N4O4. The van der Waals surface area contributed by atoms with E-state index in [0.29, 0.717) is 39.8 Å². The normalized spacial score (nSPS) is 13.2. The number of hydrogen-bond acceptors (Lipinski definition) is 7. The molecule has 4 rings (SSSR count). The number of carbonyl (C=O) groups is 1. The highest BCUT2D eigenvalue weighted by molar-refractivity contribution is 6.10. The number of alkyl halides is 3. The summed E-state index contributed by atoms with van der Waals surface area (Å²) in [6, 6.07) is 6.31. The molecule has 0 unspecified atom stereocenters. The lowest BCUT2D eigenvalue weighted by Crippen LogP contribution is -2.23. The van der Waals surface area contributed by atoms with Crippen molar-refractivity contribution in [2.45, 2.75) is 19.6 Å². The molecule has 11 heteroatoms. The molecule has 1 amide bonds. The molecule has 1 aliphatic heterocycles. The molecular weight excluding hydrogens is 441 g/mol. The average Bonchev–Trinajstić information content (AvgIpc) is 3.13. The Bertz CT molecular complexity index is 1200. The van der Waals surface area contributed by atoms with Crippen molar-refractivity contribution in [2.75, 3.05) is 25.7 Å². The lowest BCUT2D eigenvalue weighted by atomic mass is 10.1. The Morgan fingerprint density at radius 2 is 1.88 bits per heavy atom. The zero-order valence-electron chi connectivity index (χ0n) is 17.9. The number of fused-ring (bicyclic) bond motifs is 1. The fourth-order valence-corrected chi connectivity index (χ4v) is 3.50. The molecule has 0 N–H and O–H groups in total. The summed E-state index contributed by atoms with van der Waals surface area (Å²) in [4.78, 5) is 27.2. The Kier molecular flexibility index (Phi) is 5.79. The quantitative estimate of drug-likeness (QED) is 0.550. The highest BCUT2D eigenvalue weighted by Gasteiger charge is 2.33. The van der Waals surface area contributed by atoms with Gasteiger partial charge in [0.15, 0.2) is 12.4 Å². The maximum absolute atomic E-state index is 13.0. The molecule has 0 saturated carbocycles. The zero-order valence-corrected chi connectivity index (χ0v) is 17.9. The fourth-order valence-electron chi connectivity index (χ4n) is 3.50. The molecule has 0 saturated heterocycles. The van der Waals surface area contributed by atoms with Crippen LogP contribution in [0.4, 0.5) is 18.9 Å². The molecule has 0 atom stereocenters. The number of anilines is 1. The summed E-state index contributed by atoms with van der Waals surface area (Å²) in [6.07, 6.45) is -1.56. The minimum Gasteiger partial charge on any atom is -0.491 e. The number of ether oxygens (including phenoxy) is 3. The van der Waals surface area contributed by atoms with Crippen LogP contribution >= 0.6 is 0 Å². The molecule has 1 aliphatic rings. The van der Waals surface area contributed by atoms with Crippen LogP contribution in [0.15, 0.2) is 36.7 Å². The van der Waals surface area contributed by atoms with E-state index in [1.54, 1.807) is 18.3 Å². The van der Waals surface area contributed by atoms with E-state index >= 15 is 0 Å². The van der Waals surface area contributed by atoms with Crippen molar-refractivity contribution < 1.29 is 32.2 Å². The number of nitrogens with zero attached hydrogens (tertiary/aromatic N) is 4. The molecule has 4 heterocycles. The summed E-state index contributed by atoms with van der Waals surface area (Å²) < 4.78 is 52.0. The van der Waals surface area contributed by atoms with Gasteiger partial charge in [-0.15, -0.1) is 0 Å². The Morgan fingerprint density at radius 3 is 2.52 bits per heavy atom. The summed E-state index contributed by atoms with van der Waals surface area (Å²) in [5.74, 6) is 0.345. The Morgan fingerprint density at radius 1 is 1.09 bits per heavy atom. The molecule has 0 spiro atoms. The SMILES string of the molecule is COc1cc(-c2cc(C)c3c(n2)CN(c2ccc(OCC(F)(F)F)nc2)C3=O)cnc1OC. The lowest BCUT2D eigenvalue weighted by Gasteiger charge is -2.15. The van der Waals surface area contributed by atoms with E-state index in [4.69, 9.17) is 9.47 Å². The van der Waals surface area contributed by atoms with Gasteiger partial charge in [-0.3, -0.25) is 9.78 Å². The predicted molar refractivity (Wildman–Crippen MR) is 112 cm³/mol. The standard InChI is InChI=1S/C22H19F3N4O4/c1-12-6-15(13-7-17(31-2)20(32-3)27-8-13)28-16-10-29(21(30)19(12)16)14-4-5-18(26-9-14)33-11-22(23,24)25/h4-9H,10-11H2,1-3H3. The monoisotopic (exact) mass is 460 g/mol. The van der Waals surface area contributed by atoms with E-state index in [2.05, 4.69) is 19.7 Å². The van der Waals surface area contributed by atoms with Gasteiger partial charge in [-0.05, 0) is 30.7 Å². The summed E-state index contributed by atoms with van der Waals surface area (Å²) in [7, 11) is 3.00. The van der Waals surface area contributed by atoms with Gasteiger partial charge in [0.2, 0.25) is 5.88 Å². The third kappa shape index (κ3) is 4.52. The van der Waals surface area contributed by atoms with Crippen LogP contribution in [-0.2, 0) is 6.54 Å². The third-order valence-electron chi connectivity index (χ3n) is 5.00. The van der Waals surface area contributed by atoms with Crippen molar-refractivity contribution in [2.24, 2.45) is 0 Å². The van der Waals surface area contributed by atoms with Gasteiger partial charge in [0.1, 0.15) is 0 Å². The first-order chi connectivity index (χ1) is 15.7. The molecule has 0 radical (unpaired) electrons. The summed E-state index contributed by atoms with van der Waals surface area (Å²) in [6.45, 7) is 0.560. The number of hydrogen-bond donors (Lipinski definition) is 0. The van der Waals surface area contributed by atoms with Gasteiger partial charge >= 0.3 is 6.18 Å². The van der Waals surface area contributed by atoms with Crippen molar-refractivity contribution in [3.63, 3.8) is 0 Å². The van der Waals surface area contributed by atoms with Gasteiger partial charge in [0.05, 0.1) is 49.6 Å². The highest BCUT2D eigenvalue weighted by atomic mass is 19.4. The Hall–Kier alpha value is -3.89. The minimum absolute atomic E-state index is 0.183. The van der Waals surface area contributed by atoms with Crippen LogP contribution < -0.4 is 19.1 Å². The Balaban J connectivity index is 1.59. The molecule has 172 valence electrons. The molecule has 0 aliphatic carbocycles. The predicted octanol–water partition coefficient (Wildman–Crippen LogP) is 3.97.